The van der Waals surface area contributed by atoms with Gasteiger partial charge in [0, 0.05) is 10.0 Å². The fourth-order valence-corrected chi connectivity index (χ4v) is 2.71. The van der Waals surface area contributed by atoms with E-state index in [9.17, 15) is 9.90 Å². The molecule has 1 rings (SSSR count). The van der Waals surface area contributed by atoms with Crippen molar-refractivity contribution < 1.29 is 14.6 Å². The topological polar surface area (TPSA) is 46.5 Å². The molecule has 0 atom stereocenters. The number of rotatable bonds is 2. The van der Waals surface area contributed by atoms with Crippen molar-refractivity contribution in [2.24, 2.45) is 0 Å². The monoisotopic (exact) mass is 386 g/mol. The van der Waals surface area contributed by atoms with Gasteiger partial charge in [-0.05, 0) is 47.8 Å². The molecule has 1 N–H and O–H groups in total. The third-order valence-corrected chi connectivity index (χ3v) is 4.53. The molecule has 0 aliphatic carbocycles. The number of halogens is 3. The van der Waals surface area contributed by atoms with Gasteiger partial charge in [-0.3, -0.25) is 4.79 Å². The minimum atomic E-state index is -0.0585. The molecule has 1 aromatic rings. The van der Waals surface area contributed by atoms with E-state index in [1.165, 1.54) is 7.11 Å². The van der Waals surface area contributed by atoms with Gasteiger partial charge in [-0.15, -0.1) is 0 Å². The van der Waals surface area contributed by atoms with Gasteiger partial charge in [-0.25, -0.2) is 0 Å². The second kappa shape index (κ2) is 4.63. The van der Waals surface area contributed by atoms with E-state index in [0.717, 1.165) is 0 Å². The van der Waals surface area contributed by atoms with Crippen LogP contribution < -0.4 is 4.74 Å². The van der Waals surface area contributed by atoms with Crippen molar-refractivity contribution in [1.82, 2.24) is 0 Å². The summed E-state index contributed by atoms with van der Waals surface area (Å²) in [5, 5.41) is 9.63. The van der Waals surface area contributed by atoms with Crippen LogP contribution in [0, 0.1) is 0 Å². The summed E-state index contributed by atoms with van der Waals surface area (Å²) < 4.78 is 6.24. The number of ether oxygens (including phenoxy) is 1. The van der Waals surface area contributed by atoms with Gasteiger partial charge in [-0.2, -0.15) is 0 Å². The van der Waals surface area contributed by atoms with Crippen LogP contribution in [-0.4, -0.2) is 18.5 Å². The molecular formula is C8H5Br3O3. The summed E-state index contributed by atoms with van der Waals surface area (Å²) in [6.07, 6.45) is 0.668. The Hall–Kier alpha value is -0.0700. The average Bonchev–Trinajstić information content (AvgIpc) is 2.16. The largest absolute Gasteiger partial charge is 0.503 e. The molecule has 3 nitrogen and oxygen atoms in total. The van der Waals surface area contributed by atoms with Gasteiger partial charge in [-0.1, -0.05) is 0 Å². The maximum absolute atomic E-state index is 10.8. The number of phenols is 1. The Morgan fingerprint density at radius 2 is 1.79 bits per heavy atom. The molecular weight excluding hydrogens is 384 g/mol. The van der Waals surface area contributed by atoms with Crippen molar-refractivity contribution in [3.63, 3.8) is 0 Å². The van der Waals surface area contributed by atoms with Crippen LogP contribution in [0.5, 0.6) is 11.5 Å². The molecule has 0 unspecified atom stereocenters. The summed E-state index contributed by atoms with van der Waals surface area (Å²) in [6, 6.07) is 0. The van der Waals surface area contributed by atoms with E-state index in [2.05, 4.69) is 47.8 Å². The Morgan fingerprint density at radius 1 is 1.21 bits per heavy atom. The molecule has 0 radical (unpaired) electrons. The van der Waals surface area contributed by atoms with Crippen molar-refractivity contribution in [2.75, 3.05) is 7.11 Å². The molecule has 0 spiro atoms. The quantitative estimate of drug-likeness (QED) is 0.623. The van der Waals surface area contributed by atoms with Gasteiger partial charge in [0.05, 0.1) is 16.1 Å². The minimum Gasteiger partial charge on any atom is -0.503 e. The third kappa shape index (κ3) is 1.83. The zero-order valence-electron chi connectivity index (χ0n) is 6.97. The number of carbonyl (C=O) groups is 1. The first-order valence-corrected chi connectivity index (χ1v) is 5.81. The number of hydrogen-bond acceptors (Lipinski definition) is 3. The number of aldehydes is 1. The maximum atomic E-state index is 10.8. The van der Waals surface area contributed by atoms with E-state index in [0.29, 0.717) is 25.3 Å². The van der Waals surface area contributed by atoms with Crippen LogP contribution >= 0.6 is 47.8 Å². The fourth-order valence-electron chi connectivity index (χ4n) is 0.934. The molecule has 0 aromatic heterocycles. The Kier molecular flexibility index (Phi) is 3.97. The van der Waals surface area contributed by atoms with Gasteiger partial charge in [0.2, 0.25) is 0 Å². The van der Waals surface area contributed by atoms with Crippen molar-refractivity contribution >= 4 is 54.1 Å². The van der Waals surface area contributed by atoms with E-state index in [-0.39, 0.29) is 11.5 Å². The summed E-state index contributed by atoms with van der Waals surface area (Å²) in [4.78, 5) is 10.8. The molecule has 0 amide bonds. The van der Waals surface area contributed by atoms with Crippen LogP contribution in [0.4, 0.5) is 0 Å². The number of carbonyl (C=O) groups excluding carboxylic acids is 1. The van der Waals surface area contributed by atoms with E-state index in [1.54, 1.807) is 0 Å². The van der Waals surface area contributed by atoms with Crippen LogP contribution in [0.2, 0.25) is 0 Å². The van der Waals surface area contributed by atoms with Gasteiger partial charge < -0.3 is 9.84 Å². The first-order valence-electron chi connectivity index (χ1n) is 3.43. The predicted octanol–water partition coefficient (Wildman–Crippen LogP) is 3.50. The molecule has 0 saturated carbocycles. The number of benzene rings is 1. The second-order valence-corrected chi connectivity index (χ2v) is 4.73. The van der Waals surface area contributed by atoms with Gasteiger partial charge in [0.25, 0.3) is 0 Å². The van der Waals surface area contributed by atoms with Crippen molar-refractivity contribution in [2.45, 2.75) is 0 Å². The van der Waals surface area contributed by atoms with Crippen molar-refractivity contribution in [1.29, 1.82) is 0 Å². The molecule has 0 aliphatic rings. The smallest absolute Gasteiger partial charge is 0.176 e. The lowest BCUT2D eigenvalue weighted by molar-refractivity contribution is 0.112. The molecule has 0 heterocycles. The van der Waals surface area contributed by atoms with Gasteiger partial charge >= 0.3 is 0 Å². The molecule has 0 saturated heterocycles. The Morgan fingerprint density at radius 3 is 2.21 bits per heavy atom. The van der Waals surface area contributed by atoms with Crippen LogP contribution in [0.15, 0.2) is 13.4 Å². The highest BCUT2D eigenvalue weighted by atomic mass is 79.9. The predicted molar refractivity (Wildman–Crippen MR) is 63.1 cm³/mol. The number of aromatic hydroxyl groups is 1. The Bertz CT molecular complexity index is 390. The van der Waals surface area contributed by atoms with E-state index in [4.69, 9.17) is 4.74 Å². The Labute approximate surface area is 106 Å². The first kappa shape index (κ1) is 12.0. The molecule has 1 aromatic carbocycles. The van der Waals surface area contributed by atoms with Gasteiger partial charge in [0.1, 0.15) is 0 Å². The molecule has 6 heteroatoms. The summed E-state index contributed by atoms with van der Waals surface area (Å²) >= 11 is 9.49. The van der Waals surface area contributed by atoms with Crippen LogP contribution in [0.25, 0.3) is 0 Å². The highest BCUT2D eigenvalue weighted by Crippen LogP contribution is 2.46. The first-order chi connectivity index (χ1) is 6.54. The summed E-state index contributed by atoms with van der Waals surface area (Å²) in [7, 11) is 1.41. The van der Waals surface area contributed by atoms with Crippen LogP contribution in [-0.2, 0) is 0 Å². The van der Waals surface area contributed by atoms with Crippen LogP contribution in [0.3, 0.4) is 0 Å². The molecule has 0 fully saturated rings. The molecule has 14 heavy (non-hydrogen) atoms. The number of phenolic OH excluding ortho intramolecular Hbond substituents is 1. The van der Waals surface area contributed by atoms with Gasteiger partial charge in [0.15, 0.2) is 17.8 Å². The minimum absolute atomic E-state index is 0.0585. The van der Waals surface area contributed by atoms with E-state index in [1.807, 2.05) is 0 Å². The number of hydrogen-bond donors (Lipinski definition) is 1. The molecule has 0 bridgehead atoms. The lowest BCUT2D eigenvalue weighted by atomic mass is 10.2. The van der Waals surface area contributed by atoms with E-state index >= 15 is 0 Å². The average molecular weight is 389 g/mol. The maximum Gasteiger partial charge on any atom is 0.176 e. The van der Waals surface area contributed by atoms with E-state index < -0.39 is 0 Å². The highest BCUT2D eigenvalue weighted by molar-refractivity contribution is 9.13. The fraction of sp³-hybridized carbons (Fsp3) is 0.125. The zero-order valence-corrected chi connectivity index (χ0v) is 11.7. The lowest BCUT2D eigenvalue weighted by Gasteiger charge is -2.11. The van der Waals surface area contributed by atoms with Crippen molar-refractivity contribution in [3.05, 3.63) is 19.0 Å². The lowest BCUT2D eigenvalue weighted by Crippen LogP contribution is -1.93. The van der Waals surface area contributed by atoms with Crippen molar-refractivity contribution in [3.8, 4) is 11.5 Å². The second-order valence-electron chi connectivity index (χ2n) is 2.36. The Balaban J connectivity index is 3.64. The standard InChI is InChI=1S/C8H5Br3O3/c1-14-8-5(10)3(2-12)4(9)6(11)7(8)13/h2,13H,1H3. The van der Waals surface area contributed by atoms with Crippen LogP contribution in [0.1, 0.15) is 10.4 Å². The normalized spacial score (nSPS) is 10.0. The zero-order chi connectivity index (χ0) is 10.9. The molecule has 0 aliphatic heterocycles. The summed E-state index contributed by atoms with van der Waals surface area (Å²) in [5.74, 6) is 0.166. The summed E-state index contributed by atoms with van der Waals surface area (Å²) in [6.45, 7) is 0. The number of methoxy groups -OCH3 is 1. The molecule has 76 valence electrons. The highest BCUT2D eigenvalue weighted by Gasteiger charge is 2.19. The third-order valence-electron chi connectivity index (χ3n) is 1.61. The SMILES string of the molecule is COc1c(O)c(Br)c(Br)c(C=O)c1Br. The summed E-state index contributed by atoms with van der Waals surface area (Å²) in [5.41, 5.74) is 0.381.